The van der Waals surface area contributed by atoms with E-state index in [1.54, 1.807) is 6.20 Å². The van der Waals surface area contributed by atoms with Gasteiger partial charge in [-0.25, -0.2) is 14.1 Å². The zero-order chi connectivity index (χ0) is 17.4. The van der Waals surface area contributed by atoms with Gasteiger partial charge in [0.25, 0.3) is 11.7 Å². The van der Waals surface area contributed by atoms with Crippen LogP contribution in [-0.4, -0.2) is 67.7 Å². The Morgan fingerprint density at radius 3 is 2.76 bits per heavy atom. The van der Waals surface area contributed by atoms with E-state index in [1.165, 1.54) is 22.0 Å². The van der Waals surface area contributed by atoms with Crippen molar-refractivity contribution in [2.45, 2.75) is 0 Å². The van der Waals surface area contributed by atoms with Crippen LogP contribution in [0.25, 0.3) is 16.7 Å². The van der Waals surface area contributed by atoms with Crippen LogP contribution in [0.4, 0.5) is 4.39 Å². The molecule has 4 rings (SSSR count). The van der Waals surface area contributed by atoms with Crippen molar-refractivity contribution in [3.05, 3.63) is 36.2 Å². The normalized spacial score (nSPS) is 14.8. The summed E-state index contributed by atoms with van der Waals surface area (Å²) in [5.41, 5.74) is 0.266. The van der Waals surface area contributed by atoms with Crippen LogP contribution in [-0.2, 0) is 4.79 Å². The molecule has 1 fully saturated rings. The van der Waals surface area contributed by atoms with Crippen molar-refractivity contribution in [1.82, 2.24) is 35.2 Å². The molecule has 0 radical (unpaired) electrons. The first kappa shape index (κ1) is 15.4. The standard InChI is InChI=1S/C15H14FN7O2/c16-10-8-19-14(23-6-3-20-21-23)12-11(10)9(7-18-12)13(24)15(25)22-4-1-17-2-5-22/h3,6-8,17-18H,1-2,4-5H2. The third kappa shape index (κ3) is 2.56. The van der Waals surface area contributed by atoms with Gasteiger partial charge in [0, 0.05) is 32.4 Å². The van der Waals surface area contributed by atoms with Crippen LogP contribution in [0.1, 0.15) is 10.4 Å². The fourth-order valence-electron chi connectivity index (χ4n) is 2.90. The minimum Gasteiger partial charge on any atom is -0.357 e. The fourth-order valence-corrected chi connectivity index (χ4v) is 2.90. The van der Waals surface area contributed by atoms with Gasteiger partial charge in [-0.05, 0) is 0 Å². The Hall–Kier alpha value is -3.14. The van der Waals surface area contributed by atoms with Gasteiger partial charge >= 0.3 is 0 Å². The molecule has 25 heavy (non-hydrogen) atoms. The Bertz CT molecular complexity index is 944. The highest BCUT2D eigenvalue weighted by molar-refractivity contribution is 6.45. The van der Waals surface area contributed by atoms with E-state index in [2.05, 4.69) is 25.6 Å². The van der Waals surface area contributed by atoms with Gasteiger partial charge < -0.3 is 15.2 Å². The van der Waals surface area contributed by atoms with Crippen LogP contribution in [0.2, 0.25) is 0 Å². The number of hydrogen-bond donors (Lipinski definition) is 2. The molecule has 1 saturated heterocycles. The first-order valence-electron chi connectivity index (χ1n) is 7.73. The van der Waals surface area contributed by atoms with E-state index >= 15 is 0 Å². The van der Waals surface area contributed by atoms with Gasteiger partial charge in [-0.15, -0.1) is 5.10 Å². The molecule has 0 aromatic carbocycles. The number of fused-ring (bicyclic) bond motifs is 1. The molecule has 0 unspecified atom stereocenters. The van der Waals surface area contributed by atoms with Crippen LogP contribution >= 0.6 is 0 Å². The summed E-state index contributed by atoms with van der Waals surface area (Å²) in [6.45, 7) is 2.14. The zero-order valence-corrected chi connectivity index (χ0v) is 13.1. The van der Waals surface area contributed by atoms with Crippen molar-refractivity contribution in [3.63, 3.8) is 0 Å². The zero-order valence-electron chi connectivity index (χ0n) is 13.1. The monoisotopic (exact) mass is 343 g/mol. The molecule has 4 heterocycles. The number of halogens is 1. The molecule has 0 spiro atoms. The maximum Gasteiger partial charge on any atom is 0.295 e. The molecular weight excluding hydrogens is 329 g/mol. The van der Waals surface area contributed by atoms with Gasteiger partial charge in [-0.1, -0.05) is 5.21 Å². The summed E-state index contributed by atoms with van der Waals surface area (Å²) in [4.78, 5) is 33.3. The first-order chi connectivity index (χ1) is 12.2. The van der Waals surface area contributed by atoms with Crippen molar-refractivity contribution >= 4 is 22.6 Å². The minimum atomic E-state index is -0.747. The van der Waals surface area contributed by atoms with Crippen molar-refractivity contribution in [2.24, 2.45) is 0 Å². The van der Waals surface area contributed by atoms with E-state index < -0.39 is 17.5 Å². The van der Waals surface area contributed by atoms with Crippen molar-refractivity contribution < 1.29 is 14.0 Å². The van der Waals surface area contributed by atoms with Gasteiger partial charge in [-0.2, -0.15) is 0 Å². The molecule has 10 heteroatoms. The number of aromatic nitrogens is 5. The van der Waals surface area contributed by atoms with E-state index in [1.807, 2.05) is 0 Å². The molecule has 1 aliphatic rings. The molecular formula is C15H14FN7O2. The molecule has 128 valence electrons. The number of ketones is 1. The molecule has 0 bridgehead atoms. The van der Waals surface area contributed by atoms with E-state index in [4.69, 9.17) is 0 Å². The van der Waals surface area contributed by atoms with Crippen molar-refractivity contribution in [1.29, 1.82) is 0 Å². The molecule has 9 nitrogen and oxygen atoms in total. The lowest BCUT2D eigenvalue weighted by molar-refractivity contribution is -0.126. The summed E-state index contributed by atoms with van der Waals surface area (Å²) in [6, 6.07) is 0. The number of piperazine rings is 1. The van der Waals surface area contributed by atoms with Gasteiger partial charge in [0.1, 0.15) is 0 Å². The number of carbonyl (C=O) groups is 2. The van der Waals surface area contributed by atoms with Gasteiger partial charge in [0.05, 0.1) is 35.1 Å². The summed E-state index contributed by atoms with van der Waals surface area (Å²) in [7, 11) is 0. The van der Waals surface area contributed by atoms with Crippen LogP contribution in [0.5, 0.6) is 0 Å². The number of nitrogens with zero attached hydrogens (tertiary/aromatic N) is 5. The van der Waals surface area contributed by atoms with Crippen LogP contribution in [0, 0.1) is 5.82 Å². The van der Waals surface area contributed by atoms with Crippen molar-refractivity contribution in [3.8, 4) is 5.82 Å². The van der Waals surface area contributed by atoms with Crippen LogP contribution in [0.15, 0.2) is 24.8 Å². The fraction of sp³-hybridized carbons (Fsp3) is 0.267. The Labute approximate surface area is 140 Å². The van der Waals surface area contributed by atoms with E-state index in [-0.39, 0.29) is 16.5 Å². The number of hydrogen-bond acceptors (Lipinski definition) is 6. The molecule has 2 N–H and O–H groups in total. The maximum atomic E-state index is 14.4. The minimum absolute atomic E-state index is 0.0141. The number of pyridine rings is 1. The molecule has 3 aromatic heterocycles. The predicted octanol–water partition coefficient (Wildman–Crippen LogP) is -0.103. The Balaban J connectivity index is 1.76. The lowest BCUT2D eigenvalue weighted by atomic mass is 10.1. The third-order valence-corrected chi connectivity index (χ3v) is 4.13. The second-order valence-corrected chi connectivity index (χ2v) is 5.60. The molecule has 1 aliphatic heterocycles. The SMILES string of the molecule is O=C(C(=O)N1CCNCC1)c1c[nH]c2c(-n3ccnn3)ncc(F)c12. The Kier molecular flexibility index (Phi) is 3.73. The second-order valence-electron chi connectivity index (χ2n) is 5.60. The van der Waals surface area contributed by atoms with Gasteiger partial charge in [0.15, 0.2) is 11.6 Å². The summed E-state index contributed by atoms with van der Waals surface area (Å²) in [5.74, 6) is -1.78. The summed E-state index contributed by atoms with van der Waals surface area (Å²) in [5, 5.41) is 10.6. The maximum absolute atomic E-state index is 14.4. The number of H-pyrrole nitrogens is 1. The highest BCUT2D eigenvalue weighted by atomic mass is 19.1. The molecule has 0 aliphatic carbocycles. The average molecular weight is 343 g/mol. The first-order valence-corrected chi connectivity index (χ1v) is 7.73. The highest BCUT2D eigenvalue weighted by Gasteiger charge is 2.28. The summed E-state index contributed by atoms with van der Waals surface area (Å²) >= 11 is 0. The Morgan fingerprint density at radius 1 is 1.24 bits per heavy atom. The highest BCUT2D eigenvalue weighted by Crippen LogP contribution is 2.26. The number of amides is 1. The quantitative estimate of drug-likeness (QED) is 0.508. The average Bonchev–Trinajstić information content (AvgIpc) is 3.32. The van der Waals surface area contributed by atoms with Crippen LogP contribution < -0.4 is 5.32 Å². The largest absolute Gasteiger partial charge is 0.357 e. The number of carbonyl (C=O) groups excluding carboxylic acids is 2. The molecule has 1 amide bonds. The second kappa shape index (κ2) is 6.06. The summed E-state index contributed by atoms with van der Waals surface area (Å²) < 4.78 is 15.7. The van der Waals surface area contributed by atoms with Gasteiger partial charge in [-0.3, -0.25) is 9.59 Å². The van der Waals surface area contributed by atoms with Crippen molar-refractivity contribution in [2.75, 3.05) is 26.2 Å². The lowest BCUT2D eigenvalue weighted by Crippen LogP contribution is -2.48. The topological polar surface area (TPSA) is 109 Å². The van der Waals surface area contributed by atoms with E-state index in [9.17, 15) is 14.0 Å². The molecule has 0 atom stereocenters. The molecule has 0 saturated carbocycles. The van der Waals surface area contributed by atoms with Gasteiger partial charge in [0.2, 0.25) is 0 Å². The third-order valence-electron chi connectivity index (χ3n) is 4.13. The van der Waals surface area contributed by atoms with E-state index in [0.29, 0.717) is 32.0 Å². The number of rotatable bonds is 3. The smallest absolute Gasteiger partial charge is 0.295 e. The molecule has 3 aromatic rings. The number of Topliss-reactive ketones (excluding diaryl/α,β-unsaturated/α-hetero) is 1. The number of aromatic amines is 1. The van der Waals surface area contributed by atoms with E-state index in [0.717, 1.165) is 6.20 Å². The lowest BCUT2D eigenvalue weighted by Gasteiger charge is -2.26. The Morgan fingerprint density at radius 2 is 2.04 bits per heavy atom. The summed E-state index contributed by atoms with van der Waals surface area (Å²) in [6.07, 6.45) is 5.34. The predicted molar refractivity (Wildman–Crippen MR) is 84.7 cm³/mol. The number of nitrogens with one attached hydrogen (secondary N) is 2. The van der Waals surface area contributed by atoms with Crippen LogP contribution in [0.3, 0.4) is 0 Å².